The van der Waals surface area contributed by atoms with Gasteiger partial charge in [0.2, 0.25) is 0 Å². The van der Waals surface area contributed by atoms with Gasteiger partial charge < -0.3 is 10.1 Å². The van der Waals surface area contributed by atoms with Gasteiger partial charge in [0.25, 0.3) is 5.91 Å². The molecule has 3 aromatic rings. The van der Waals surface area contributed by atoms with Crippen LogP contribution in [0.2, 0.25) is 0 Å². The molecule has 8 heteroatoms. The van der Waals surface area contributed by atoms with Crippen molar-refractivity contribution in [2.75, 3.05) is 6.61 Å². The van der Waals surface area contributed by atoms with Crippen molar-refractivity contribution in [2.24, 2.45) is 0 Å². The molecule has 0 aliphatic rings. The zero-order valence-electron chi connectivity index (χ0n) is 14.3. The van der Waals surface area contributed by atoms with E-state index in [1.807, 2.05) is 5.38 Å². The lowest BCUT2D eigenvalue weighted by Gasteiger charge is -2.18. The van der Waals surface area contributed by atoms with Gasteiger partial charge >= 0.3 is 5.97 Å². The first-order valence-corrected chi connectivity index (χ1v) is 9.03. The molecule has 2 aromatic carbocycles. The largest absolute Gasteiger partial charge is 0.452 e. The summed E-state index contributed by atoms with van der Waals surface area (Å²) in [4.78, 5) is 24.9. The Kier molecular flexibility index (Phi) is 6.10. The lowest BCUT2D eigenvalue weighted by molar-refractivity contribution is -0.124. The molecule has 0 saturated carbocycles. The maximum absolute atomic E-state index is 13.6. The summed E-state index contributed by atoms with van der Waals surface area (Å²) in [5, 5.41) is 4.49. The Morgan fingerprint density at radius 1 is 0.964 bits per heavy atom. The van der Waals surface area contributed by atoms with E-state index in [9.17, 15) is 22.8 Å². The summed E-state index contributed by atoms with van der Waals surface area (Å²) in [5.74, 6) is -4.52. The van der Waals surface area contributed by atoms with E-state index in [1.54, 1.807) is 12.1 Å². The highest BCUT2D eigenvalue weighted by Crippen LogP contribution is 2.26. The van der Waals surface area contributed by atoms with Crippen molar-refractivity contribution in [3.63, 3.8) is 0 Å². The van der Waals surface area contributed by atoms with E-state index >= 15 is 0 Å². The van der Waals surface area contributed by atoms with Crippen molar-refractivity contribution < 1.29 is 27.5 Å². The second kappa shape index (κ2) is 8.71. The number of hydrogen-bond donors (Lipinski definition) is 1. The molecule has 0 fully saturated rings. The molecule has 0 unspecified atom stereocenters. The summed E-state index contributed by atoms with van der Waals surface area (Å²) >= 11 is 1.38. The van der Waals surface area contributed by atoms with Crippen molar-refractivity contribution in [3.8, 4) is 0 Å². The maximum Gasteiger partial charge on any atom is 0.344 e. The highest BCUT2D eigenvalue weighted by molar-refractivity contribution is 7.10. The first kappa shape index (κ1) is 19.6. The zero-order chi connectivity index (χ0) is 20.1. The van der Waals surface area contributed by atoms with Gasteiger partial charge in [-0.3, -0.25) is 4.79 Å². The fourth-order valence-corrected chi connectivity index (χ4v) is 3.33. The Morgan fingerprint density at radius 3 is 2.25 bits per heavy atom. The Bertz CT molecular complexity index is 955. The predicted molar refractivity (Wildman–Crippen MR) is 97.3 cm³/mol. The first-order chi connectivity index (χ1) is 13.5. The smallest absolute Gasteiger partial charge is 0.344 e. The number of nitrogens with one attached hydrogen (secondary N) is 1. The van der Waals surface area contributed by atoms with Gasteiger partial charge in [-0.1, -0.05) is 24.3 Å². The van der Waals surface area contributed by atoms with Crippen LogP contribution in [0.1, 0.15) is 26.8 Å². The van der Waals surface area contributed by atoms with Crippen LogP contribution in [0.25, 0.3) is 0 Å². The van der Waals surface area contributed by atoms with Crippen LogP contribution in [0.4, 0.5) is 13.2 Å². The fraction of sp³-hybridized carbons (Fsp3) is 0.100. The number of rotatable bonds is 6. The molecule has 0 saturated heterocycles. The van der Waals surface area contributed by atoms with Crippen molar-refractivity contribution in [1.82, 2.24) is 5.32 Å². The molecule has 0 spiro atoms. The molecular formula is C20H14F3NO3S. The number of halogens is 3. The molecule has 0 aliphatic carbocycles. The minimum Gasteiger partial charge on any atom is -0.452 e. The minimum absolute atomic E-state index is 0.416. The highest BCUT2D eigenvalue weighted by atomic mass is 32.1. The van der Waals surface area contributed by atoms with Crippen LogP contribution in [0.3, 0.4) is 0 Å². The van der Waals surface area contributed by atoms with E-state index in [0.29, 0.717) is 5.56 Å². The van der Waals surface area contributed by atoms with Crippen molar-refractivity contribution in [2.45, 2.75) is 6.04 Å². The standard InChI is InChI=1S/C20H14F3NO3S/c21-13-8-6-12(7-9-13)19(16-5-2-10-28-16)24-17(25)11-27-20(26)18-14(22)3-1-4-15(18)23/h1-10,19H,11H2,(H,24,25)/t19-/m0/s1. The molecule has 1 atom stereocenters. The second-order valence-corrected chi connectivity index (χ2v) is 6.72. The van der Waals surface area contributed by atoms with Crippen LogP contribution in [-0.2, 0) is 9.53 Å². The summed E-state index contributed by atoms with van der Waals surface area (Å²) in [6, 6.07) is 11.5. The van der Waals surface area contributed by atoms with E-state index in [-0.39, 0.29) is 0 Å². The Morgan fingerprint density at radius 2 is 1.64 bits per heavy atom. The molecule has 0 bridgehead atoms. The minimum atomic E-state index is -1.28. The number of benzene rings is 2. The summed E-state index contributed by atoms with van der Waals surface area (Å²) < 4.78 is 45.1. The number of hydrogen-bond acceptors (Lipinski definition) is 4. The highest BCUT2D eigenvalue weighted by Gasteiger charge is 2.22. The van der Waals surface area contributed by atoms with Crippen LogP contribution in [0.5, 0.6) is 0 Å². The van der Waals surface area contributed by atoms with E-state index in [4.69, 9.17) is 4.74 Å². The maximum atomic E-state index is 13.6. The molecule has 3 rings (SSSR count). The lowest BCUT2D eigenvalue weighted by atomic mass is 10.1. The lowest BCUT2D eigenvalue weighted by Crippen LogP contribution is -2.33. The number of amides is 1. The Hall–Kier alpha value is -3.13. The van der Waals surface area contributed by atoms with Crippen LogP contribution in [0.15, 0.2) is 60.0 Å². The number of carbonyl (C=O) groups is 2. The monoisotopic (exact) mass is 405 g/mol. The SMILES string of the molecule is O=C(COC(=O)c1c(F)cccc1F)N[C@@H](c1ccc(F)cc1)c1cccs1. The quantitative estimate of drug-likeness (QED) is 0.625. The van der Waals surface area contributed by atoms with E-state index in [1.165, 1.54) is 35.6 Å². The molecule has 0 aliphatic heterocycles. The molecule has 1 heterocycles. The van der Waals surface area contributed by atoms with Crippen LogP contribution in [-0.4, -0.2) is 18.5 Å². The third-order valence-corrected chi connectivity index (χ3v) is 4.77. The van der Waals surface area contributed by atoms with Crippen molar-refractivity contribution in [3.05, 3.63) is 93.4 Å². The Balaban J connectivity index is 1.69. The van der Waals surface area contributed by atoms with E-state index in [2.05, 4.69) is 5.32 Å². The summed E-state index contributed by atoms with van der Waals surface area (Å²) in [6.45, 7) is -0.727. The van der Waals surface area contributed by atoms with Crippen LogP contribution >= 0.6 is 11.3 Å². The number of esters is 1. The molecule has 144 valence electrons. The number of carbonyl (C=O) groups excluding carboxylic acids is 2. The zero-order valence-corrected chi connectivity index (χ0v) is 15.1. The number of thiophene rings is 1. The van der Waals surface area contributed by atoms with Crippen LogP contribution in [0, 0.1) is 17.5 Å². The van der Waals surface area contributed by atoms with Crippen molar-refractivity contribution in [1.29, 1.82) is 0 Å². The summed E-state index contributed by atoms with van der Waals surface area (Å²) in [7, 11) is 0. The van der Waals surface area contributed by atoms with Crippen molar-refractivity contribution >= 4 is 23.2 Å². The first-order valence-electron chi connectivity index (χ1n) is 8.15. The Labute approximate surface area is 162 Å². The average Bonchev–Trinajstić information content (AvgIpc) is 3.19. The molecule has 4 nitrogen and oxygen atoms in total. The fourth-order valence-electron chi connectivity index (χ4n) is 2.53. The van der Waals surface area contributed by atoms with Gasteiger partial charge in [-0.15, -0.1) is 11.3 Å². The third kappa shape index (κ3) is 4.58. The molecule has 0 radical (unpaired) electrons. The van der Waals surface area contributed by atoms with Gasteiger partial charge in [0.05, 0.1) is 6.04 Å². The van der Waals surface area contributed by atoms with Crippen LogP contribution < -0.4 is 5.32 Å². The van der Waals surface area contributed by atoms with E-state index in [0.717, 1.165) is 23.1 Å². The van der Waals surface area contributed by atoms with E-state index < -0.39 is 47.5 Å². The topological polar surface area (TPSA) is 55.4 Å². The molecule has 28 heavy (non-hydrogen) atoms. The summed E-state index contributed by atoms with van der Waals surface area (Å²) in [6.07, 6.45) is 0. The second-order valence-electron chi connectivity index (χ2n) is 5.74. The molecule has 1 amide bonds. The van der Waals surface area contributed by atoms with Gasteiger partial charge in [-0.05, 0) is 41.3 Å². The molecular weight excluding hydrogens is 391 g/mol. The van der Waals surface area contributed by atoms with Gasteiger partial charge in [0.1, 0.15) is 23.0 Å². The van der Waals surface area contributed by atoms with Gasteiger partial charge in [-0.2, -0.15) is 0 Å². The van der Waals surface area contributed by atoms with Gasteiger partial charge in [-0.25, -0.2) is 18.0 Å². The molecule has 1 N–H and O–H groups in total. The average molecular weight is 405 g/mol. The summed E-state index contributed by atoms with van der Waals surface area (Å²) in [5.41, 5.74) is -0.229. The van der Waals surface area contributed by atoms with Gasteiger partial charge in [0.15, 0.2) is 6.61 Å². The van der Waals surface area contributed by atoms with Gasteiger partial charge in [0, 0.05) is 4.88 Å². The predicted octanol–water partition coefficient (Wildman–Crippen LogP) is 4.23. The number of ether oxygens (including phenoxy) is 1. The molecule has 1 aromatic heterocycles. The normalized spacial score (nSPS) is 11.7. The third-order valence-electron chi connectivity index (χ3n) is 3.84.